The minimum Gasteiger partial charge on any atom is -0.353 e. The number of aliphatic imine (C=N–C) groups is 2. The Morgan fingerprint density at radius 1 is 1.29 bits per heavy atom. The molecule has 1 aliphatic rings. The Kier molecular flexibility index (Phi) is 12.6. The molecular formula is C26H45N7O. The zero-order valence-electron chi connectivity index (χ0n) is 21.8. The van der Waals surface area contributed by atoms with E-state index in [0.29, 0.717) is 18.0 Å². The molecule has 0 bridgehead atoms. The highest BCUT2D eigenvalue weighted by molar-refractivity contribution is 5.93. The van der Waals surface area contributed by atoms with Crippen molar-refractivity contribution in [1.29, 1.82) is 0 Å². The molecule has 190 valence electrons. The third kappa shape index (κ3) is 9.79. The molecule has 1 fully saturated rings. The summed E-state index contributed by atoms with van der Waals surface area (Å²) in [7, 11) is 1.73. The molecule has 0 saturated heterocycles. The van der Waals surface area contributed by atoms with E-state index in [0.717, 1.165) is 56.6 Å². The molecule has 34 heavy (non-hydrogen) atoms. The quantitative estimate of drug-likeness (QED) is 0.313. The molecule has 8 heteroatoms. The summed E-state index contributed by atoms with van der Waals surface area (Å²) in [6, 6.07) is 0.816. The van der Waals surface area contributed by atoms with Crippen LogP contribution >= 0.6 is 0 Å². The number of allylic oxidation sites excluding steroid dienone is 1. The van der Waals surface area contributed by atoms with Gasteiger partial charge in [0, 0.05) is 37.3 Å². The van der Waals surface area contributed by atoms with Gasteiger partial charge in [0.05, 0.1) is 24.4 Å². The average Bonchev–Trinajstić information content (AvgIpc) is 3.38. The lowest BCUT2D eigenvalue weighted by molar-refractivity contribution is -0.125. The first-order valence-electron chi connectivity index (χ1n) is 12.9. The minimum atomic E-state index is 0.0769. The molecule has 0 aromatic carbocycles. The van der Waals surface area contributed by atoms with Gasteiger partial charge in [-0.15, -0.1) is 0 Å². The number of carbonyl (C=O) groups excluding carboxylic acids is 1. The highest BCUT2D eigenvalue weighted by Gasteiger charge is 2.20. The molecule has 2 rings (SSSR count). The van der Waals surface area contributed by atoms with Crippen LogP contribution in [0.3, 0.4) is 0 Å². The number of rotatable bonds is 12. The van der Waals surface area contributed by atoms with Crippen LogP contribution in [0.1, 0.15) is 84.8 Å². The first-order valence-corrected chi connectivity index (χ1v) is 12.9. The topological polar surface area (TPSA) is 97.8 Å². The zero-order valence-corrected chi connectivity index (χ0v) is 21.8. The number of carbonyl (C=O) groups is 1. The van der Waals surface area contributed by atoms with Gasteiger partial charge in [0.25, 0.3) is 0 Å². The average molecular weight is 472 g/mol. The summed E-state index contributed by atoms with van der Waals surface area (Å²) < 4.78 is 0. The predicted molar refractivity (Wildman–Crippen MR) is 141 cm³/mol. The summed E-state index contributed by atoms with van der Waals surface area (Å²) in [6.45, 7) is 10.3. The summed E-state index contributed by atoms with van der Waals surface area (Å²) in [4.78, 5) is 30.7. The number of nitrogens with zero attached hydrogens (tertiary/aromatic N) is 4. The van der Waals surface area contributed by atoms with Gasteiger partial charge in [0.2, 0.25) is 11.9 Å². The number of likely N-dealkylation sites (N-methyl/N-ethyl adjacent to an activating group) is 1. The predicted octanol–water partition coefficient (Wildman–Crippen LogP) is 4.27. The number of aromatic amines is 1. The van der Waals surface area contributed by atoms with E-state index in [1.807, 2.05) is 6.92 Å². The molecule has 0 spiro atoms. The number of nitrogens with one attached hydrogen (secondary N) is 3. The Hall–Kier alpha value is -2.48. The van der Waals surface area contributed by atoms with E-state index in [2.05, 4.69) is 62.3 Å². The maximum absolute atomic E-state index is 12.6. The molecule has 1 aromatic heterocycles. The van der Waals surface area contributed by atoms with Gasteiger partial charge < -0.3 is 15.6 Å². The number of aromatic nitrogens is 2. The van der Waals surface area contributed by atoms with E-state index in [1.165, 1.54) is 19.3 Å². The molecule has 1 saturated carbocycles. The highest BCUT2D eigenvalue weighted by Crippen LogP contribution is 2.19. The summed E-state index contributed by atoms with van der Waals surface area (Å²) in [5.74, 6) is 0.867. The van der Waals surface area contributed by atoms with Crippen LogP contribution in [0, 0.1) is 5.92 Å². The Morgan fingerprint density at radius 2 is 2.06 bits per heavy atom. The molecule has 1 amide bonds. The lowest BCUT2D eigenvalue weighted by Crippen LogP contribution is -2.39. The Labute approximate surface area is 205 Å². The number of amides is 1. The van der Waals surface area contributed by atoms with Crippen LogP contribution in [-0.2, 0) is 4.79 Å². The molecule has 0 aliphatic heterocycles. The van der Waals surface area contributed by atoms with E-state index in [4.69, 9.17) is 0 Å². The van der Waals surface area contributed by atoms with E-state index >= 15 is 0 Å². The largest absolute Gasteiger partial charge is 0.353 e. The monoisotopic (exact) mass is 471 g/mol. The van der Waals surface area contributed by atoms with Gasteiger partial charge >= 0.3 is 0 Å². The van der Waals surface area contributed by atoms with Crippen LogP contribution < -0.4 is 10.6 Å². The standard InChI is InChI=1S/C26H45N7O/c1-6-22(32-26(27-5)29-17-24-16-28-19-30-24)18-33(7-2)21(4)13-11-12-20(3)25(34)31-23-14-9-8-10-15-23/h6,16-17,19-21,23H,7-15,18H2,1-5H3,(H,27,32)(H,28,30)(H,31,34)/b22-6-,29-17+. The lowest BCUT2D eigenvalue weighted by Gasteiger charge is -2.29. The van der Waals surface area contributed by atoms with E-state index in [-0.39, 0.29) is 11.8 Å². The maximum Gasteiger partial charge on any atom is 0.223 e. The minimum absolute atomic E-state index is 0.0769. The summed E-state index contributed by atoms with van der Waals surface area (Å²) >= 11 is 0. The van der Waals surface area contributed by atoms with Gasteiger partial charge in [0.15, 0.2) is 0 Å². The highest BCUT2D eigenvalue weighted by atomic mass is 16.1. The molecule has 8 nitrogen and oxygen atoms in total. The molecule has 0 radical (unpaired) electrons. The van der Waals surface area contributed by atoms with Crippen LogP contribution in [0.2, 0.25) is 0 Å². The normalized spacial score (nSPS) is 17.8. The zero-order chi connectivity index (χ0) is 24.8. The molecular weight excluding hydrogens is 426 g/mol. The summed E-state index contributed by atoms with van der Waals surface area (Å²) in [6.07, 6.45) is 16.3. The lowest BCUT2D eigenvalue weighted by atomic mass is 9.94. The van der Waals surface area contributed by atoms with Crippen LogP contribution in [0.15, 0.2) is 34.3 Å². The summed E-state index contributed by atoms with van der Waals surface area (Å²) in [5.41, 5.74) is 1.90. The smallest absolute Gasteiger partial charge is 0.223 e. The molecule has 2 unspecified atom stereocenters. The van der Waals surface area contributed by atoms with Gasteiger partial charge in [-0.3, -0.25) is 14.7 Å². The number of guanidine groups is 1. The van der Waals surface area contributed by atoms with Crippen molar-refractivity contribution >= 4 is 18.1 Å². The van der Waals surface area contributed by atoms with Crippen molar-refractivity contribution < 1.29 is 4.79 Å². The van der Waals surface area contributed by atoms with Crippen LogP contribution in [0.5, 0.6) is 0 Å². The van der Waals surface area contributed by atoms with Gasteiger partial charge in [0.1, 0.15) is 0 Å². The number of hydrogen-bond donors (Lipinski definition) is 3. The van der Waals surface area contributed by atoms with E-state index in [9.17, 15) is 4.79 Å². The van der Waals surface area contributed by atoms with Crippen molar-refractivity contribution in [2.24, 2.45) is 15.9 Å². The maximum atomic E-state index is 12.6. The Morgan fingerprint density at radius 3 is 2.68 bits per heavy atom. The molecule has 3 N–H and O–H groups in total. The first kappa shape index (κ1) is 27.8. The van der Waals surface area contributed by atoms with E-state index in [1.54, 1.807) is 25.8 Å². The number of imidazole rings is 1. The van der Waals surface area contributed by atoms with Gasteiger partial charge in [-0.25, -0.2) is 9.98 Å². The second-order valence-corrected chi connectivity index (χ2v) is 9.34. The fourth-order valence-electron chi connectivity index (χ4n) is 4.38. The third-order valence-electron chi connectivity index (χ3n) is 6.74. The van der Waals surface area contributed by atoms with Crippen molar-refractivity contribution in [2.45, 2.75) is 91.1 Å². The fourth-order valence-corrected chi connectivity index (χ4v) is 4.38. The van der Waals surface area contributed by atoms with Crippen LogP contribution in [0.25, 0.3) is 0 Å². The van der Waals surface area contributed by atoms with Gasteiger partial charge in [-0.05, 0) is 46.1 Å². The second kappa shape index (κ2) is 15.4. The van der Waals surface area contributed by atoms with Crippen LogP contribution in [-0.4, -0.2) is 65.2 Å². The number of hydrogen-bond acceptors (Lipinski definition) is 4. The molecule has 1 heterocycles. The van der Waals surface area contributed by atoms with Gasteiger partial charge in [-0.1, -0.05) is 45.6 Å². The van der Waals surface area contributed by atoms with Crippen molar-refractivity contribution in [3.05, 3.63) is 30.0 Å². The SMILES string of the molecule is C/C=C(/CN(CC)C(C)CCCC(C)C(=O)NC1CCCCC1)NC(=NC)/N=C/c1cnc[nH]1. The molecule has 2 atom stereocenters. The van der Waals surface area contributed by atoms with Crippen LogP contribution in [0.4, 0.5) is 0 Å². The number of H-pyrrole nitrogens is 1. The van der Waals surface area contributed by atoms with Crippen molar-refractivity contribution in [3.63, 3.8) is 0 Å². The Bertz CT molecular complexity index is 794. The van der Waals surface area contributed by atoms with Crippen molar-refractivity contribution in [3.8, 4) is 0 Å². The molecule has 1 aliphatic carbocycles. The van der Waals surface area contributed by atoms with Crippen molar-refractivity contribution in [2.75, 3.05) is 20.1 Å². The van der Waals surface area contributed by atoms with Crippen molar-refractivity contribution in [1.82, 2.24) is 25.5 Å². The fraction of sp³-hybridized carbons (Fsp3) is 0.692. The Balaban J connectivity index is 1.77. The molecule has 1 aromatic rings. The second-order valence-electron chi connectivity index (χ2n) is 9.34. The summed E-state index contributed by atoms with van der Waals surface area (Å²) in [5, 5.41) is 6.62. The first-order chi connectivity index (χ1) is 16.5. The third-order valence-corrected chi connectivity index (χ3v) is 6.74. The van der Waals surface area contributed by atoms with E-state index < -0.39 is 0 Å². The van der Waals surface area contributed by atoms with Gasteiger partial charge in [-0.2, -0.15) is 0 Å².